The number of aromatic nitrogens is 2. The molecule has 8 nitrogen and oxygen atoms in total. The molecule has 1 N–H and O–H groups in total. The number of pyridine rings is 1. The fourth-order valence-electron chi connectivity index (χ4n) is 9.10. The molecule has 49 heavy (non-hydrogen) atoms. The number of piperidine rings is 1. The Labute approximate surface area is 288 Å². The average molecular weight is 717 g/mol. The SMILES string of the molecule is COC(=O)N1[C@@H]2C[C@@H]([C@@H](OC(F)(F)F)C2)[C@@H]1c1cc2c(C)nc3c(F)c(-c4cccc(Cl)c4Cl)c(CCC#N)cc3c2n1[C@H]1[C@H]2CN[C@@H]1C2. The number of carbonyl (C=O) groups is 1. The van der Waals surface area contributed by atoms with Crippen molar-refractivity contribution in [2.24, 2.45) is 11.8 Å². The zero-order valence-corrected chi connectivity index (χ0v) is 28.0. The lowest BCUT2D eigenvalue weighted by Crippen LogP contribution is -2.47. The minimum Gasteiger partial charge on any atom is -0.453 e. The highest BCUT2D eigenvalue weighted by atomic mass is 35.5. The quantitative estimate of drug-likeness (QED) is 0.202. The van der Waals surface area contributed by atoms with Crippen molar-refractivity contribution in [1.29, 1.82) is 5.26 Å². The van der Waals surface area contributed by atoms with E-state index in [0.717, 1.165) is 13.0 Å². The highest BCUT2D eigenvalue weighted by Gasteiger charge is 2.59. The molecule has 2 aromatic carbocycles. The number of fused-ring (bicyclic) bond motifs is 6. The number of carbonyl (C=O) groups excluding carboxylic acids is 1. The van der Waals surface area contributed by atoms with E-state index >= 15 is 4.39 Å². The summed E-state index contributed by atoms with van der Waals surface area (Å²) in [5.74, 6) is -1.04. The van der Waals surface area contributed by atoms with Crippen LogP contribution in [0.15, 0.2) is 30.3 Å². The summed E-state index contributed by atoms with van der Waals surface area (Å²) in [5.41, 5.74) is 3.07. The summed E-state index contributed by atoms with van der Waals surface area (Å²) in [6.45, 7) is 2.53. The van der Waals surface area contributed by atoms with Crippen molar-refractivity contribution in [2.45, 2.75) is 75.7 Å². The second-order valence-corrected chi connectivity index (χ2v) is 14.3. The Morgan fingerprint density at radius 1 is 1.18 bits per heavy atom. The Balaban J connectivity index is 1.41. The maximum atomic E-state index is 17.0. The maximum absolute atomic E-state index is 17.0. The van der Waals surface area contributed by atoms with Gasteiger partial charge in [0.2, 0.25) is 0 Å². The van der Waals surface area contributed by atoms with Gasteiger partial charge in [0.05, 0.1) is 46.9 Å². The third kappa shape index (κ3) is 4.99. The lowest BCUT2D eigenvalue weighted by molar-refractivity contribution is -0.349. The number of rotatable bonds is 6. The Morgan fingerprint density at radius 3 is 2.65 bits per heavy atom. The van der Waals surface area contributed by atoms with Crippen LogP contribution in [0.5, 0.6) is 0 Å². The first-order valence-corrected chi connectivity index (χ1v) is 17.0. The van der Waals surface area contributed by atoms with Crippen LogP contribution in [0.25, 0.3) is 32.9 Å². The van der Waals surface area contributed by atoms with Gasteiger partial charge in [-0.25, -0.2) is 14.2 Å². The Kier molecular flexibility index (Phi) is 7.79. The summed E-state index contributed by atoms with van der Waals surface area (Å²) < 4.78 is 69.8. The van der Waals surface area contributed by atoms with Crippen LogP contribution in [-0.4, -0.2) is 58.7 Å². The van der Waals surface area contributed by atoms with Gasteiger partial charge >= 0.3 is 12.5 Å². The summed E-state index contributed by atoms with van der Waals surface area (Å²) in [6, 6.07) is 9.56. The van der Waals surface area contributed by atoms with E-state index in [4.69, 9.17) is 32.9 Å². The van der Waals surface area contributed by atoms with Crippen LogP contribution in [0.2, 0.25) is 10.0 Å². The van der Waals surface area contributed by atoms with Gasteiger partial charge in [-0.05, 0) is 62.3 Å². The number of halogens is 6. The number of methoxy groups -OCH3 is 1. The zero-order chi connectivity index (χ0) is 34.5. The molecule has 0 unspecified atom stereocenters. The summed E-state index contributed by atoms with van der Waals surface area (Å²) in [6.07, 6.45) is -4.98. The normalized spacial score (nSPS) is 27.2. The van der Waals surface area contributed by atoms with E-state index in [1.807, 2.05) is 12.1 Å². The first-order valence-electron chi connectivity index (χ1n) is 16.2. The highest BCUT2D eigenvalue weighted by Crippen LogP contribution is 2.56. The summed E-state index contributed by atoms with van der Waals surface area (Å²) >= 11 is 13.0. The van der Waals surface area contributed by atoms with Crippen molar-refractivity contribution in [2.75, 3.05) is 13.7 Å². The molecule has 3 saturated heterocycles. The molecule has 5 fully saturated rings. The molecule has 3 aliphatic heterocycles. The van der Waals surface area contributed by atoms with Gasteiger partial charge < -0.3 is 14.6 Å². The largest absolute Gasteiger partial charge is 0.522 e. The molecule has 4 aromatic rings. The molecular formula is C35H31Cl2F4N5O3. The van der Waals surface area contributed by atoms with Gasteiger partial charge in [-0.15, -0.1) is 13.2 Å². The monoisotopic (exact) mass is 715 g/mol. The van der Waals surface area contributed by atoms with Crippen molar-refractivity contribution in [1.82, 2.24) is 19.8 Å². The minimum absolute atomic E-state index is 0.0397. The first-order chi connectivity index (χ1) is 23.4. The molecule has 0 radical (unpaired) electrons. The van der Waals surface area contributed by atoms with E-state index < -0.39 is 42.4 Å². The fourth-order valence-corrected chi connectivity index (χ4v) is 9.50. The van der Waals surface area contributed by atoms with Crippen molar-refractivity contribution in [3.8, 4) is 17.2 Å². The van der Waals surface area contributed by atoms with Gasteiger partial charge in [-0.2, -0.15) is 5.26 Å². The van der Waals surface area contributed by atoms with Crippen LogP contribution in [0.4, 0.5) is 22.4 Å². The number of nitrogens with one attached hydrogen (secondary N) is 1. The Morgan fingerprint density at radius 2 is 1.98 bits per heavy atom. The molecular weight excluding hydrogens is 685 g/mol. The van der Waals surface area contributed by atoms with Gasteiger partial charge in [-0.1, -0.05) is 35.3 Å². The molecule has 14 heteroatoms. The van der Waals surface area contributed by atoms with Crippen LogP contribution in [0, 0.1) is 35.9 Å². The molecule has 2 aromatic heterocycles. The standard InChI is InChI=1S/C35H31Cl2F4N5O3/c1-15-20-13-25(33-21-11-18(45(33)34(47)48-2)12-26(21)49-35(39,40)41)46(31-17-10-24(31)43-14-17)32(20)22-9-16(5-4-8-42)27(29(38)30(22)44-15)19-6-3-7-23(36)28(19)37/h3,6-7,9,13,17-18,21,24,26,31,33,43H,4-5,10-12,14H2,1-2H3/t17-,18-,21+,24-,26+,31+,33-/m1/s1. The van der Waals surface area contributed by atoms with E-state index in [0.29, 0.717) is 45.2 Å². The topological polar surface area (TPSA) is 92.4 Å². The lowest BCUT2D eigenvalue weighted by atomic mass is 9.79. The molecule has 2 saturated carbocycles. The predicted molar refractivity (Wildman–Crippen MR) is 175 cm³/mol. The molecule has 256 valence electrons. The van der Waals surface area contributed by atoms with E-state index in [2.05, 4.69) is 20.7 Å². The number of benzene rings is 2. The summed E-state index contributed by atoms with van der Waals surface area (Å²) in [4.78, 5) is 19.6. The second kappa shape index (κ2) is 11.7. The van der Waals surface area contributed by atoms with Gasteiger partial charge in [-0.3, -0.25) is 9.64 Å². The van der Waals surface area contributed by atoms with Crippen molar-refractivity contribution < 1.29 is 31.8 Å². The maximum Gasteiger partial charge on any atom is 0.522 e. The van der Waals surface area contributed by atoms with E-state index in [1.165, 1.54) is 7.11 Å². The number of aryl methyl sites for hydroxylation is 2. The number of nitrogens with zero attached hydrogens (tertiary/aromatic N) is 4. The van der Waals surface area contributed by atoms with Crippen LogP contribution >= 0.6 is 23.2 Å². The molecule has 7 atom stereocenters. The minimum atomic E-state index is -4.84. The Bertz CT molecular complexity index is 2070. The van der Waals surface area contributed by atoms with Crippen molar-refractivity contribution in [3.05, 3.63) is 63.1 Å². The van der Waals surface area contributed by atoms with Crippen LogP contribution < -0.4 is 5.32 Å². The molecule has 2 aliphatic carbocycles. The van der Waals surface area contributed by atoms with Gasteiger partial charge in [0.15, 0.2) is 5.82 Å². The number of alkyl halides is 3. The smallest absolute Gasteiger partial charge is 0.453 e. The second-order valence-electron chi connectivity index (χ2n) is 13.5. The highest BCUT2D eigenvalue weighted by molar-refractivity contribution is 6.43. The summed E-state index contributed by atoms with van der Waals surface area (Å²) in [5, 5.41) is 14.7. The van der Waals surface area contributed by atoms with Crippen molar-refractivity contribution in [3.63, 3.8) is 0 Å². The van der Waals surface area contributed by atoms with Crippen LogP contribution in [0.3, 0.4) is 0 Å². The average Bonchev–Trinajstić information content (AvgIpc) is 3.88. The van der Waals surface area contributed by atoms with E-state index in [-0.39, 0.29) is 58.4 Å². The molecule has 5 heterocycles. The molecule has 0 spiro atoms. The number of amides is 1. The number of hydrogen-bond acceptors (Lipinski definition) is 6. The molecule has 9 rings (SSSR count). The number of likely N-dealkylation sites (tertiary alicyclic amines) is 1. The molecule has 4 bridgehead atoms. The van der Waals surface area contributed by atoms with E-state index in [9.17, 15) is 23.2 Å². The first kappa shape index (κ1) is 32.6. The van der Waals surface area contributed by atoms with Crippen molar-refractivity contribution >= 4 is 51.1 Å². The molecule has 1 amide bonds. The van der Waals surface area contributed by atoms with E-state index in [1.54, 1.807) is 30.0 Å². The zero-order valence-electron chi connectivity index (χ0n) is 26.5. The number of hydrogen-bond donors (Lipinski definition) is 1. The van der Waals surface area contributed by atoms with Gasteiger partial charge in [0.25, 0.3) is 0 Å². The summed E-state index contributed by atoms with van der Waals surface area (Å²) in [7, 11) is 1.26. The predicted octanol–water partition coefficient (Wildman–Crippen LogP) is 8.41. The van der Waals surface area contributed by atoms with Crippen LogP contribution in [-0.2, 0) is 15.9 Å². The lowest BCUT2D eigenvalue weighted by Gasteiger charge is -2.42. The van der Waals surface area contributed by atoms with Gasteiger partial charge in [0, 0.05) is 64.3 Å². The third-order valence-corrected chi connectivity index (χ3v) is 11.8. The molecule has 5 aliphatic rings. The number of nitriles is 1. The van der Waals surface area contributed by atoms with Gasteiger partial charge in [0.1, 0.15) is 5.52 Å². The Hall–Kier alpha value is -3.63. The number of ether oxygens (including phenoxy) is 2. The fraction of sp³-hybridized carbons (Fsp3) is 0.457. The third-order valence-electron chi connectivity index (χ3n) is 11.0. The van der Waals surface area contributed by atoms with Crippen LogP contribution in [0.1, 0.15) is 54.7 Å².